The van der Waals surface area contributed by atoms with E-state index in [1.807, 2.05) is 37.2 Å². The average molecular weight is 458 g/mol. The Bertz CT molecular complexity index is 631. The highest BCUT2D eigenvalue weighted by molar-refractivity contribution is 14.0. The molecule has 25 heavy (non-hydrogen) atoms. The van der Waals surface area contributed by atoms with Crippen molar-refractivity contribution in [3.05, 3.63) is 48.0 Å². The fourth-order valence-electron chi connectivity index (χ4n) is 2.20. The van der Waals surface area contributed by atoms with Gasteiger partial charge in [-0.3, -0.25) is 9.67 Å². The van der Waals surface area contributed by atoms with Gasteiger partial charge in [0.1, 0.15) is 12.2 Å². The molecule has 2 aromatic rings. The van der Waals surface area contributed by atoms with Gasteiger partial charge in [-0.05, 0) is 12.5 Å². The van der Waals surface area contributed by atoms with Crippen molar-refractivity contribution in [2.75, 3.05) is 26.7 Å². The molecule has 0 saturated heterocycles. The van der Waals surface area contributed by atoms with Gasteiger partial charge in [-0.25, -0.2) is 4.98 Å². The predicted molar refractivity (Wildman–Crippen MR) is 110 cm³/mol. The quantitative estimate of drug-likeness (QED) is 0.284. The lowest BCUT2D eigenvalue weighted by atomic mass is 10.2. The maximum Gasteiger partial charge on any atom is 0.194 e. The van der Waals surface area contributed by atoms with Crippen LogP contribution < -0.4 is 5.32 Å². The van der Waals surface area contributed by atoms with Gasteiger partial charge in [-0.1, -0.05) is 30.3 Å². The molecule has 0 atom stereocenters. The number of aliphatic imine (C=N–C) groups is 1. The van der Waals surface area contributed by atoms with E-state index in [-0.39, 0.29) is 24.0 Å². The third-order valence-corrected chi connectivity index (χ3v) is 3.49. The largest absolute Gasteiger partial charge is 0.375 e. The van der Waals surface area contributed by atoms with E-state index in [1.54, 1.807) is 11.0 Å². The first-order chi connectivity index (χ1) is 11.7. The molecule has 0 fully saturated rings. The van der Waals surface area contributed by atoms with Crippen LogP contribution in [0.3, 0.4) is 0 Å². The summed E-state index contributed by atoms with van der Waals surface area (Å²) in [5.41, 5.74) is 1.17. The molecule has 1 aromatic carbocycles. The SMILES string of the molecule is CCNC(=NCCOCc1ccccc1)N(C)Cc1ncnn1C.I. The van der Waals surface area contributed by atoms with E-state index in [2.05, 4.69) is 39.4 Å². The first-order valence-electron chi connectivity index (χ1n) is 8.14. The number of halogens is 1. The van der Waals surface area contributed by atoms with Gasteiger partial charge in [0.25, 0.3) is 0 Å². The smallest absolute Gasteiger partial charge is 0.194 e. The molecule has 0 saturated carbocycles. The summed E-state index contributed by atoms with van der Waals surface area (Å²) in [4.78, 5) is 10.9. The second kappa shape index (κ2) is 11.8. The summed E-state index contributed by atoms with van der Waals surface area (Å²) < 4.78 is 7.44. The Kier molecular flexibility index (Phi) is 10.1. The van der Waals surface area contributed by atoms with Crippen LogP contribution in [0.15, 0.2) is 41.7 Å². The van der Waals surface area contributed by atoms with Crippen molar-refractivity contribution in [2.24, 2.45) is 12.0 Å². The Labute approximate surface area is 166 Å². The van der Waals surface area contributed by atoms with Crippen molar-refractivity contribution in [3.63, 3.8) is 0 Å². The molecular formula is C17H27IN6O. The van der Waals surface area contributed by atoms with Gasteiger partial charge in [0.2, 0.25) is 0 Å². The second-order valence-electron chi connectivity index (χ2n) is 5.43. The fraction of sp³-hybridized carbons (Fsp3) is 0.471. The minimum atomic E-state index is 0. The van der Waals surface area contributed by atoms with Crippen LogP contribution in [0.2, 0.25) is 0 Å². The lowest BCUT2D eigenvalue weighted by molar-refractivity contribution is 0.128. The summed E-state index contributed by atoms with van der Waals surface area (Å²) in [6.07, 6.45) is 1.56. The number of benzene rings is 1. The van der Waals surface area contributed by atoms with E-state index in [1.165, 1.54) is 5.56 Å². The zero-order valence-corrected chi connectivity index (χ0v) is 17.4. The van der Waals surface area contributed by atoms with E-state index < -0.39 is 0 Å². The molecule has 138 valence electrons. The van der Waals surface area contributed by atoms with Gasteiger partial charge in [0.15, 0.2) is 5.96 Å². The molecule has 0 unspecified atom stereocenters. The summed E-state index contributed by atoms with van der Waals surface area (Å²) in [5, 5.41) is 7.37. The topological polar surface area (TPSA) is 67.6 Å². The number of ether oxygens (including phenoxy) is 1. The van der Waals surface area contributed by atoms with Crippen LogP contribution in [0.25, 0.3) is 0 Å². The third-order valence-electron chi connectivity index (χ3n) is 3.49. The van der Waals surface area contributed by atoms with Gasteiger partial charge in [-0.15, -0.1) is 24.0 Å². The number of hydrogen-bond donors (Lipinski definition) is 1. The standard InChI is InChI=1S/C17H26N6O.HI/c1-4-18-17(22(2)12-16-20-14-21-23(16)3)19-10-11-24-13-15-8-6-5-7-9-15;/h5-9,14H,4,10-13H2,1-3H3,(H,18,19);1H. The Balaban J connectivity index is 0.00000312. The molecule has 0 bridgehead atoms. The zero-order valence-electron chi connectivity index (χ0n) is 15.1. The Morgan fingerprint density at radius 2 is 2.08 bits per heavy atom. The lowest BCUT2D eigenvalue weighted by Gasteiger charge is -2.21. The van der Waals surface area contributed by atoms with Gasteiger partial charge >= 0.3 is 0 Å². The molecule has 0 aliphatic rings. The number of hydrogen-bond acceptors (Lipinski definition) is 4. The van der Waals surface area contributed by atoms with Gasteiger partial charge in [-0.2, -0.15) is 5.10 Å². The number of aryl methyl sites for hydroxylation is 1. The van der Waals surface area contributed by atoms with E-state index in [4.69, 9.17) is 4.74 Å². The van der Waals surface area contributed by atoms with Gasteiger partial charge in [0, 0.05) is 20.6 Å². The normalized spacial score (nSPS) is 11.1. The molecule has 2 rings (SSSR count). The Morgan fingerprint density at radius 3 is 2.72 bits per heavy atom. The van der Waals surface area contributed by atoms with Crippen molar-refractivity contribution >= 4 is 29.9 Å². The Hall–Kier alpha value is -1.68. The van der Waals surface area contributed by atoms with Crippen molar-refractivity contribution in [2.45, 2.75) is 20.1 Å². The van der Waals surface area contributed by atoms with E-state index in [0.29, 0.717) is 26.3 Å². The van der Waals surface area contributed by atoms with Crippen LogP contribution in [0, 0.1) is 0 Å². The molecular weight excluding hydrogens is 431 g/mol. The first kappa shape index (κ1) is 21.4. The summed E-state index contributed by atoms with van der Waals surface area (Å²) in [7, 11) is 3.87. The van der Waals surface area contributed by atoms with Crippen molar-refractivity contribution < 1.29 is 4.74 Å². The summed E-state index contributed by atoms with van der Waals surface area (Å²) in [6.45, 7) is 5.32. The highest BCUT2D eigenvalue weighted by atomic mass is 127. The summed E-state index contributed by atoms with van der Waals surface area (Å²) in [6, 6.07) is 10.1. The second-order valence-corrected chi connectivity index (χ2v) is 5.43. The van der Waals surface area contributed by atoms with Gasteiger partial charge in [0.05, 0.1) is 26.3 Å². The lowest BCUT2D eigenvalue weighted by Crippen LogP contribution is -2.39. The van der Waals surface area contributed by atoms with Crippen LogP contribution in [-0.4, -0.2) is 52.4 Å². The molecule has 1 heterocycles. The maximum absolute atomic E-state index is 5.67. The highest BCUT2D eigenvalue weighted by Crippen LogP contribution is 2.01. The molecule has 0 amide bonds. The van der Waals surface area contributed by atoms with Crippen molar-refractivity contribution in [1.82, 2.24) is 25.0 Å². The third kappa shape index (κ3) is 7.39. The molecule has 1 aromatic heterocycles. The first-order valence-corrected chi connectivity index (χ1v) is 8.14. The van der Waals surface area contributed by atoms with Crippen molar-refractivity contribution in [3.8, 4) is 0 Å². The zero-order chi connectivity index (χ0) is 17.2. The summed E-state index contributed by atoms with van der Waals surface area (Å²) >= 11 is 0. The molecule has 8 heteroatoms. The number of guanidine groups is 1. The molecule has 0 aliphatic carbocycles. The fourth-order valence-corrected chi connectivity index (χ4v) is 2.20. The molecule has 0 radical (unpaired) electrons. The Morgan fingerprint density at radius 1 is 1.32 bits per heavy atom. The van der Waals surface area contributed by atoms with Crippen LogP contribution in [0.1, 0.15) is 18.3 Å². The monoisotopic (exact) mass is 458 g/mol. The number of nitrogens with zero attached hydrogens (tertiary/aromatic N) is 5. The minimum absolute atomic E-state index is 0. The van der Waals surface area contributed by atoms with E-state index in [9.17, 15) is 0 Å². The van der Waals surface area contributed by atoms with Crippen LogP contribution in [0.5, 0.6) is 0 Å². The summed E-state index contributed by atoms with van der Waals surface area (Å²) in [5.74, 6) is 1.73. The van der Waals surface area contributed by atoms with E-state index in [0.717, 1.165) is 18.3 Å². The average Bonchev–Trinajstić information content (AvgIpc) is 2.99. The van der Waals surface area contributed by atoms with Crippen LogP contribution >= 0.6 is 24.0 Å². The molecule has 0 spiro atoms. The molecule has 1 N–H and O–H groups in total. The van der Waals surface area contributed by atoms with E-state index >= 15 is 0 Å². The number of aromatic nitrogens is 3. The molecule has 7 nitrogen and oxygen atoms in total. The minimum Gasteiger partial charge on any atom is -0.375 e. The van der Waals surface area contributed by atoms with Gasteiger partial charge < -0.3 is 15.0 Å². The van der Waals surface area contributed by atoms with Crippen LogP contribution in [0.4, 0.5) is 0 Å². The van der Waals surface area contributed by atoms with Crippen molar-refractivity contribution in [1.29, 1.82) is 0 Å². The van der Waals surface area contributed by atoms with Crippen LogP contribution in [-0.2, 0) is 24.9 Å². The number of nitrogens with one attached hydrogen (secondary N) is 1. The highest BCUT2D eigenvalue weighted by Gasteiger charge is 2.09. The predicted octanol–water partition coefficient (Wildman–Crippen LogP) is 2.05. The number of rotatable bonds is 8. The maximum atomic E-state index is 5.67. The molecule has 0 aliphatic heterocycles.